The van der Waals surface area contributed by atoms with Gasteiger partial charge in [-0.3, -0.25) is 0 Å². The van der Waals surface area contributed by atoms with Crippen LogP contribution in [0.1, 0.15) is 12.8 Å². The van der Waals surface area contributed by atoms with Gasteiger partial charge in [0, 0.05) is 0 Å². The molecule has 0 heterocycles. The predicted octanol–water partition coefficient (Wildman–Crippen LogP) is -0.631. The van der Waals surface area contributed by atoms with Gasteiger partial charge < -0.3 is 21.1 Å². The molecule has 0 rings (SSSR count). The van der Waals surface area contributed by atoms with Gasteiger partial charge in [0.25, 0.3) is 0 Å². The second kappa shape index (κ2) is 9.92. The van der Waals surface area contributed by atoms with Crippen LogP contribution in [0.25, 0.3) is 0 Å². The van der Waals surface area contributed by atoms with Crippen molar-refractivity contribution in [2.45, 2.75) is 12.8 Å². The summed E-state index contributed by atoms with van der Waals surface area (Å²) in [4.78, 5) is 0. The highest BCUT2D eigenvalue weighted by Gasteiger charge is 2.02. The summed E-state index contributed by atoms with van der Waals surface area (Å²) in [5.41, 5.74) is 10.3. The Balaban J connectivity index is 0. The fourth-order valence-corrected chi connectivity index (χ4v) is 0.589. The Hall–Kier alpha value is -0.160. The molecule has 0 atom stereocenters. The minimum absolute atomic E-state index is 0.281. The number of nitrogens with two attached hydrogens (primary N) is 2. The monoisotopic (exact) mass is 192 g/mol. The molecular formula is C9H26N3O+. The minimum atomic E-state index is 0.281. The normalized spacial score (nSPS) is 10.6. The van der Waals surface area contributed by atoms with Crippen LogP contribution >= 0.6 is 0 Å². The second-order valence-electron chi connectivity index (χ2n) is 4.02. The molecule has 0 unspecified atom stereocenters. The maximum Gasteiger partial charge on any atom is 0.101 e. The second-order valence-corrected chi connectivity index (χ2v) is 4.02. The van der Waals surface area contributed by atoms with Gasteiger partial charge in [0.1, 0.15) is 6.54 Å². The number of aliphatic hydroxyl groups excluding tert-OH is 1. The molecule has 0 saturated carbocycles. The Morgan fingerprint density at radius 3 is 1.46 bits per heavy atom. The van der Waals surface area contributed by atoms with Crippen LogP contribution in [0.5, 0.6) is 0 Å². The highest BCUT2D eigenvalue weighted by atomic mass is 16.3. The molecule has 82 valence electrons. The summed E-state index contributed by atoms with van der Waals surface area (Å²) in [6.07, 6.45) is 2.13. The molecular weight excluding hydrogens is 166 g/mol. The van der Waals surface area contributed by atoms with Gasteiger partial charge in [0.2, 0.25) is 0 Å². The SMILES string of the molecule is C[N+](C)(C)CCO.NCCCCN. The van der Waals surface area contributed by atoms with Gasteiger partial charge in [-0.2, -0.15) is 0 Å². The fourth-order valence-electron chi connectivity index (χ4n) is 0.589. The first kappa shape index (κ1) is 15.3. The van der Waals surface area contributed by atoms with Gasteiger partial charge in [-0.1, -0.05) is 0 Å². The number of aliphatic hydroxyl groups is 1. The Morgan fingerprint density at radius 1 is 1.00 bits per heavy atom. The highest BCUT2D eigenvalue weighted by molar-refractivity contribution is 4.38. The van der Waals surface area contributed by atoms with Crippen molar-refractivity contribution in [2.24, 2.45) is 11.5 Å². The van der Waals surface area contributed by atoms with E-state index in [2.05, 4.69) is 21.1 Å². The van der Waals surface area contributed by atoms with E-state index in [0.717, 1.165) is 37.0 Å². The molecule has 4 nitrogen and oxygen atoms in total. The van der Waals surface area contributed by atoms with Gasteiger partial charge >= 0.3 is 0 Å². The van der Waals surface area contributed by atoms with Crippen LogP contribution in [-0.4, -0.2) is 57.0 Å². The van der Waals surface area contributed by atoms with Gasteiger partial charge in [0.05, 0.1) is 27.7 Å². The van der Waals surface area contributed by atoms with E-state index in [-0.39, 0.29) is 6.61 Å². The lowest BCUT2D eigenvalue weighted by molar-refractivity contribution is -0.870. The summed E-state index contributed by atoms with van der Waals surface area (Å²) in [5, 5.41) is 8.39. The zero-order valence-electron chi connectivity index (χ0n) is 9.29. The number of likely N-dealkylation sites (N-methyl/N-ethyl adjacent to an activating group) is 1. The van der Waals surface area contributed by atoms with Gasteiger partial charge in [-0.15, -0.1) is 0 Å². The van der Waals surface area contributed by atoms with Crippen LogP contribution in [0, 0.1) is 0 Å². The number of nitrogens with zero attached hydrogens (tertiary/aromatic N) is 1. The van der Waals surface area contributed by atoms with Gasteiger partial charge in [0.15, 0.2) is 0 Å². The van der Waals surface area contributed by atoms with Crippen molar-refractivity contribution in [3.8, 4) is 0 Å². The summed E-state index contributed by atoms with van der Waals surface area (Å²) in [7, 11) is 6.16. The largest absolute Gasteiger partial charge is 0.391 e. The van der Waals surface area contributed by atoms with Crippen molar-refractivity contribution in [2.75, 3.05) is 47.4 Å². The van der Waals surface area contributed by atoms with Crippen molar-refractivity contribution in [1.82, 2.24) is 0 Å². The first-order valence-electron chi connectivity index (χ1n) is 4.79. The molecule has 0 aliphatic heterocycles. The van der Waals surface area contributed by atoms with E-state index in [1.165, 1.54) is 0 Å². The van der Waals surface area contributed by atoms with Crippen LogP contribution in [-0.2, 0) is 0 Å². The van der Waals surface area contributed by atoms with E-state index in [0.29, 0.717) is 0 Å². The molecule has 0 radical (unpaired) electrons. The van der Waals surface area contributed by atoms with Crippen LogP contribution in [0.2, 0.25) is 0 Å². The van der Waals surface area contributed by atoms with Crippen molar-refractivity contribution in [1.29, 1.82) is 0 Å². The van der Waals surface area contributed by atoms with E-state index in [4.69, 9.17) is 16.6 Å². The summed E-state index contributed by atoms with van der Waals surface area (Å²) >= 11 is 0. The van der Waals surface area contributed by atoms with E-state index in [9.17, 15) is 0 Å². The summed E-state index contributed by atoms with van der Waals surface area (Å²) < 4.78 is 0.844. The fraction of sp³-hybridized carbons (Fsp3) is 1.00. The molecule has 13 heavy (non-hydrogen) atoms. The quantitative estimate of drug-likeness (QED) is 0.401. The molecule has 0 aromatic rings. The van der Waals surface area contributed by atoms with E-state index in [1.807, 2.05) is 0 Å². The Bertz CT molecular complexity index is 87.4. The number of quaternary nitrogens is 1. The first-order chi connectivity index (χ1) is 5.97. The number of rotatable bonds is 5. The molecule has 0 aliphatic carbocycles. The van der Waals surface area contributed by atoms with Crippen LogP contribution in [0.15, 0.2) is 0 Å². The van der Waals surface area contributed by atoms with Crippen molar-refractivity contribution in [3.63, 3.8) is 0 Å². The molecule has 0 aromatic heterocycles. The third-order valence-corrected chi connectivity index (χ3v) is 1.43. The van der Waals surface area contributed by atoms with Crippen LogP contribution in [0.3, 0.4) is 0 Å². The summed E-state index contributed by atoms with van der Waals surface area (Å²) in [6, 6.07) is 0. The zero-order valence-corrected chi connectivity index (χ0v) is 9.29. The highest BCUT2D eigenvalue weighted by Crippen LogP contribution is 1.84. The van der Waals surface area contributed by atoms with E-state index >= 15 is 0 Å². The molecule has 0 bridgehead atoms. The minimum Gasteiger partial charge on any atom is -0.391 e. The van der Waals surface area contributed by atoms with Gasteiger partial charge in [-0.05, 0) is 25.9 Å². The number of hydrogen-bond acceptors (Lipinski definition) is 3. The van der Waals surface area contributed by atoms with E-state index in [1.54, 1.807) is 0 Å². The molecule has 0 aliphatic rings. The van der Waals surface area contributed by atoms with Crippen LogP contribution < -0.4 is 11.5 Å². The zero-order chi connectivity index (χ0) is 10.7. The lowest BCUT2D eigenvalue weighted by Crippen LogP contribution is -2.36. The summed E-state index contributed by atoms with van der Waals surface area (Å²) in [6.45, 7) is 2.66. The van der Waals surface area contributed by atoms with Crippen molar-refractivity contribution >= 4 is 0 Å². The average molecular weight is 192 g/mol. The summed E-state index contributed by atoms with van der Waals surface area (Å²) in [5.74, 6) is 0. The Labute approximate surface area is 82.1 Å². The van der Waals surface area contributed by atoms with E-state index < -0.39 is 0 Å². The molecule has 0 spiro atoms. The maximum absolute atomic E-state index is 8.39. The molecule has 0 amide bonds. The molecule has 0 saturated heterocycles. The Morgan fingerprint density at radius 2 is 1.38 bits per heavy atom. The third kappa shape index (κ3) is 24.5. The van der Waals surface area contributed by atoms with Crippen molar-refractivity contribution in [3.05, 3.63) is 0 Å². The third-order valence-electron chi connectivity index (χ3n) is 1.43. The smallest absolute Gasteiger partial charge is 0.101 e. The van der Waals surface area contributed by atoms with Crippen molar-refractivity contribution < 1.29 is 9.59 Å². The topological polar surface area (TPSA) is 72.3 Å². The van der Waals surface area contributed by atoms with Gasteiger partial charge in [-0.25, -0.2) is 0 Å². The first-order valence-corrected chi connectivity index (χ1v) is 4.79. The average Bonchev–Trinajstić information content (AvgIpc) is 1.99. The Kier molecular flexibility index (Phi) is 11.7. The lowest BCUT2D eigenvalue weighted by Gasteiger charge is -2.21. The standard InChI is InChI=1S/C5H14NO.C4H12N2/c1-6(2,3)4-5-7;5-3-1-2-4-6/h7H,4-5H2,1-3H3;1-6H2/q+1;. The van der Waals surface area contributed by atoms with Crippen LogP contribution in [0.4, 0.5) is 0 Å². The maximum atomic E-state index is 8.39. The predicted molar refractivity (Wildman–Crippen MR) is 57.3 cm³/mol. The molecule has 4 heteroatoms. The molecule has 5 N–H and O–H groups in total. The number of unbranched alkanes of at least 4 members (excludes halogenated alkanes) is 1. The number of hydrogen-bond donors (Lipinski definition) is 3. The lowest BCUT2D eigenvalue weighted by atomic mass is 10.3. The molecule has 0 aromatic carbocycles. The molecule has 0 fully saturated rings.